The lowest BCUT2D eigenvalue weighted by molar-refractivity contribution is 0.294. The summed E-state index contributed by atoms with van der Waals surface area (Å²) >= 11 is 0. The second kappa shape index (κ2) is 8.55. The zero-order chi connectivity index (χ0) is 10.1. The van der Waals surface area contributed by atoms with E-state index in [1.807, 2.05) is 0 Å². The van der Waals surface area contributed by atoms with Gasteiger partial charge in [-0.25, -0.2) is 0 Å². The average molecular weight is 185 g/mol. The topological polar surface area (TPSA) is 26.0 Å². The molecule has 0 aliphatic heterocycles. The first kappa shape index (κ1) is 13.0. The Morgan fingerprint density at radius 2 is 1.69 bits per heavy atom. The minimum Gasteiger partial charge on any atom is -0.330 e. The molecule has 0 aromatic carbocycles. The first-order valence-electron chi connectivity index (χ1n) is 5.96. The van der Waals surface area contributed by atoms with Crippen molar-refractivity contribution < 1.29 is 0 Å². The highest BCUT2D eigenvalue weighted by Gasteiger charge is 2.14. The summed E-state index contributed by atoms with van der Waals surface area (Å²) in [6.45, 7) is 7.80. The van der Waals surface area contributed by atoms with Gasteiger partial charge in [0, 0.05) is 0 Å². The predicted molar refractivity (Wildman–Crippen MR) is 60.8 cm³/mol. The fraction of sp³-hybridized carbons (Fsp3) is 1.00. The quantitative estimate of drug-likeness (QED) is 0.614. The molecule has 2 unspecified atom stereocenters. The Labute approximate surface area is 84.1 Å². The van der Waals surface area contributed by atoms with E-state index in [0.717, 1.165) is 18.4 Å². The Morgan fingerprint density at radius 1 is 1.00 bits per heavy atom. The molecule has 0 spiro atoms. The molecule has 2 N–H and O–H groups in total. The van der Waals surface area contributed by atoms with Gasteiger partial charge in [0.2, 0.25) is 0 Å². The molecule has 0 heterocycles. The molecule has 0 rings (SSSR count). The van der Waals surface area contributed by atoms with Crippen LogP contribution in [0.2, 0.25) is 0 Å². The summed E-state index contributed by atoms with van der Waals surface area (Å²) in [7, 11) is 0. The SMILES string of the molecule is CCCCC(C)C(CCC)CCN. The Morgan fingerprint density at radius 3 is 2.15 bits per heavy atom. The summed E-state index contributed by atoms with van der Waals surface area (Å²) < 4.78 is 0. The van der Waals surface area contributed by atoms with E-state index in [4.69, 9.17) is 5.73 Å². The van der Waals surface area contributed by atoms with Crippen LogP contribution in [0.25, 0.3) is 0 Å². The molecule has 80 valence electrons. The third kappa shape index (κ3) is 6.09. The molecule has 1 nitrogen and oxygen atoms in total. The Hall–Kier alpha value is -0.0400. The van der Waals surface area contributed by atoms with Gasteiger partial charge in [-0.1, -0.05) is 52.9 Å². The molecule has 0 aliphatic rings. The molecule has 0 saturated carbocycles. The first-order valence-corrected chi connectivity index (χ1v) is 5.96. The van der Waals surface area contributed by atoms with Gasteiger partial charge in [-0.2, -0.15) is 0 Å². The van der Waals surface area contributed by atoms with Gasteiger partial charge in [-0.15, -0.1) is 0 Å². The number of hydrogen-bond donors (Lipinski definition) is 1. The molecule has 0 fully saturated rings. The van der Waals surface area contributed by atoms with E-state index in [2.05, 4.69) is 20.8 Å². The number of nitrogens with two attached hydrogens (primary N) is 1. The molecule has 0 aliphatic carbocycles. The van der Waals surface area contributed by atoms with Crippen LogP contribution in [-0.4, -0.2) is 6.54 Å². The van der Waals surface area contributed by atoms with Gasteiger partial charge >= 0.3 is 0 Å². The second-order valence-electron chi connectivity index (χ2n) is 4.25. The molecule has 0 radical (unpaired) electrons. The van der Waals surface area contributed by atoms with E-state index in [-0.39, 0.29) is 0 Å². The molecular weight excluding hydrogens is 158 g/mol. The van der Waals surface area contributed by atoms with Crippen molar-refractivity contribution in [3.8, 4) is 0 Å². The van der Waals surface area contributed by atoms with Crippen molar-refractivity contribution in [3.63, 3.8) is 0 Å². The second-order valence-corrected chi connectivity index (χ2v) is 4.25. The van der Waals surface area contributed by atoms with Crippen LogP contribution in [0.1, 0.15) is 59.3 Å². The van der Waals surface area contributed by atoms with Gasteiger partial charge in [0.25, 0.3) is 0 Å². The summed E-state index contributed by atoms with van der Waals surface area (Å²) in [6.07, 6.45) is 7.99. The van der Waals surface area contributed by atoms with Crippen LogP contribution < -0.4 is 5.73 Å². The summed E-state index contributed by atoms with van der Waals surface area (Å²) in [5.74, 6) is 1.75. The highest BCUT2D eigenvalue weighted by atomic mass is 14.5. The van der Waals surface area contributed by atoms with Crippen molar-refractivity contribution in [2.24, 2.45) is 17.6 Å². The van der Waals surface area contributed by atoms with E-state index in [1.54, 1.807) is 0 Å². The van der Waals surface area contributed by atoms with Gasteiger partial charge in [0.1, 0.15) is 0 Å². The van der Waals surface area contributed by atoms with Gasteiger partial charge < -0.3 is 5.73 Å². The third-order valence-electron chi connectivity index (χ3n) is 3.01. The lowest BCUT2D eigenvalue weighted by atomic mass is 9.84. The van der Waals surface area contributed by atoms with E-state index in [0.29, 0.717) is 0 Å². The zero-order valence-corrected chi connectivity index (χ0v) is 9.68. The summed E-state index contributed by atoms with van der Waals surface area (Å²) in [6, 6.07) is 0. The highest BCUT2D eigenvalue weighted by Crippen LogP contribution is 2.25. The zero-order valence-electron chi connectivity index (χ0n) is 9.68. The molecule has 0 aromatic rings. The molecule has 13 heavy (non-hydrogen) atoms. The Bertz CT molecular complexity index is 95.3. The van der Waals surface area contributed by atoms with Crippen LogP contribution in [0, 0.1) is 11.8 Å². The number of hydrogen-bond acceptors (Lipinski definition) is 1. The lowest BCUT2D eigenvalue weighted by Crippen LogP contribution is -2.16. The largest absolute Gasteiger partial charge is 0.330 e. The summed E-state index contributed by atoms with van der Waals surface area (Å²) in [5.41, 5.74) is 5.63. The molecule has 0 amide bonds. The Balaban J connectivity index is 3.72. The number of unbranched alkanes of at least 4 members (excludes halogenated alkanes) is 1. The van der Waals surface area contributed by atoms with Crippen molar-refractivity contribution in [3.05, 3.63) is 0 Å². The number of rotatable bonds is 8. The fourth-order valence-corrected chi connectivity index (χ4v) is 2.06. The average Bonchev–Trinajstić information content (AvgIpc) is 2.14. The molecule has 0 aromatic heterocycles. The van der Waals surface area contributed by atoms with Crippen LogP contribution in [0.4, 0.5) is 0 Å². The van der Waals surface area contributed by atoms with Crippen molar-refractivity contribution in [2.75, 3.05) is 6.54 Å². The maximum absolute atomic E-state index is 5.63. The van der Waals surface area contributed by atoms with Crippen LogP contribution >= 0.6 is 0 Å². The molecule has 1 heteroatoms. The predicted octanol–water partition coefficient (Wildman–Crippen LogP) is 3.58. The van der Waals surface area contributed by atoms with Crippen LogP contribution in [0.5, 0.6) is 0 Å². The van der Waals surface area contributed by atoms with Gasteiger partial charge in [0.15, 0.2) is 0 Å². The van der Waals surface area contributed by atoms with E-state index in [9.17, 15) is 0 Å². The van der Waals surface area contributed by atoms with Crippen molar-refractivity contribution in [2.45, 2.75) is 59.3 Å². The van der Waals surface area contributed by atoms with Gasteiger partial charge in [0.05, 0.1) is 0 Å². The fourth-order valence-electron chi connectivity index (χ4n) is 2.06. The van der Waals surface area contributed by atoms with Gasteiger partial charge in [-0.3, -0.25) is 0 Å². The normalized spacial score (nSPS) is 15.7. The van der Waals surface area contributed by atoms with Crippen molar-refractivity contribution >= 4 is 0 Å². The lowest BCUT2D eigenvalue weighted by Gasteiger charge is -2.22. The standard InChI is InChI=1S/C12H27N/c1-4-6-8-11(3)12(7-5-2)9-10-13/h11-12H,4-10,13H2,1-3H3. The van der Waals surface area contributed by atoms with Crippen molar-refractivity contribution in [1.29, 1.82) is 0 Å². The smallest absolute Gasteiger partial charge is 0.00745 e. The van der Waals surface area contributed by atoms with Crippen LogP contribution in [0.3, 0.4) is 0 Å². The summed E-state index contributed by atoms with van der Waals surface area (Å²) in [5, 5.41) is 0. The maximum atomic E-state index is 5.63. The Kier molecular flexibility index (Phi) is 8.53. The minimum atomic E-state index is 0.862. The minimum absolute atomic E-state index is 0.862. The first-order chi connectivity index (χ1) is 6.26. The van der Waals surface area contributed by atoms with Crippen molar-refractivity contribution in [1.82, 2.24) is 0 Å². The van der Waals surface area contributed by atoms with Crippen LogP contribution in [0.15, 0.2) is 0 Å². The molecule has 0 saturated heterocycles. The molecular formula is C12H27N. The summed E-state index contributed by atoms with van der Waals surface area (Å²) in [4.78, 5) is 0. The maximum Gasteiger partial charge on any atom is -0.00745 e. The molecule has 2 atom stereocenters. The van der Waals surface area contributed by atoms with E-state index >= 15 is 0 Å². The third-order valence-corrected chi connectivity index (χ3v) is 3.01. The molecule has 0 bridgehead atoms. The highest BCUT2D eigenvalue weighted by molar-refractivity contribution is 4.66. The van der Waals surface area contributed by atoms with Gasteiger partial charge in [-0.05, 0) is 24.8 Å². The monoisotopic (exact) mass is 185 g/mol. The van der Waals surface area contributed by atoms with E-state index < -0.39 is 0 Å². The van der Waals surface area contributed by atoms with E-state index in [1.165, 1.54) is 38.5 Å². The van der Waals surface area contributed by atoms with Crippen LogP contribution in [-0.2, 0) is 0 Å².